The molecule has 9 heteroatoms. The first-order valence-electron chi connectivity index (χ1n) is 9.67. The summed E-state index contributed by atoms with van der Waals surface area (Å²) in [5, 5.41) is 2.56. The van der Waals surface area contributed by atoms with Crippen LogP contribution >= 0.6 is 0 Å². The topological polar surface area (TPSA) is 45.2 Å². The van der Waals surface area contributed by atoms with E-state index in [1.54, 1.807) is 4.90 Å². The second-order valence-electron chi connectivity index (χ2n) is 7.51. The fourth-order valence-electron chi connectivity index (χ4n) is 3.38. The molecule has 0 spiro atoms. The molecule has 0 atom stereocenters. The third-order valence-corrected chi connectivity index (χ3v) is 5.19. The van der Waals surface area contributed by atoms with Crippen LogP contribution in [0.15, 0.2) is 30.3 Å². The highest BCUT2D eigenvalue weighted by Crippen LogP contribution is 2.32. The van der Waals surface area contributed by atoms with Crippen LogP contribution in [0.3, 0.4) is 0 Å². The molecule has 4 nitrogen and oxygen atoms in total. The van der Waals surface area contributed by atoms with Crippen LogP contribution in [0.25, 0.3) is 0 Å². The van der Waals surface area contributed by atoms with E-state index >= 15 is 0 Å². The fourth-order valence-corrected chi connectivity index (χ4v) is 3.38. The van der Waals surface area contributed by atoms with E-state index in [-0.39, 0.29) is 24.3 Å². The number of rotatable bonds is 5. The van der Waals surface area contributed by atoms with Crippen molar-refractivity contribution in [3.8, 4) is 0 Å². The number of carbonyl (C=O) groups excluding carboxylic acids is 1. The van der Waals surface area contributed by atoms with Crippen molar-refractivity contribution in [3.05, 3.63) is 58.8 Å². The molecule has 2 aromatic rings. The van der Waals surface area contributed by atoms with Crippen molar-refractivity contribution in [1.29, 1.82) is 0 Å². The average Bonchev–Trinajstić information content (AvgIpc) is 2.70. The number of aromatic nitrogens is 1. The molecule has 1 N–H and O–H groups in total. The number of alkyl halides is 3. The molecule has 3 rings (SSSR count). The maximum absolute atomic E-state index is 13.7. The van der Waals surface area contributed by atoms with E-state index < -0.39 is 29.4 Å². The molecule has 1 amide bonds. The van der Waals surface area contributed by atoms with E-state index in [9.17, 15) is 26.7 Å². The summed E-state index contributed by atoms with van der Waals surface area (Å²) in [4.78, 5) is 17.8. The molecule has 1 fully saturated rings. The highest BCUT2D eigenvalue weighted by molar-refractivity contribution is 5.78. The van der Waals surface area contributed by atoms with Gasteiger partial charge >= 0.3 is 6.18 Å². The zero-order valence-corrected chi connectivity index (χ0v) is 16.4. The number of amides is 1. The minimum absolute atomic E-state index is 0.0672. The third kappa shape index (κ3) is 5.25. The van der Waals surface area contributed by atoms with Gasteiger partial charge in [-0.15, -0.1) is 0 Å². The second kappa shape index (κ2) is 8.97. The van der Waals surface area contributed by atoms with Crippen molar-refractivity contribution < 1.29 is 26.7 Å². The van der Waals surface area contributed by atoms with E-state index in [4.69, 9.17) is 0 Å². The highest BCUT2D eigenvalue weighted by Gasteiger charge is 2.34. The minimum atomic E-state index is -4.57. The predicted molar refractivity (Wildman–Crippen MR) is 102 cm³/mol. The number of hydrogen-bond donors (Lipinski definition) is 1. The molecular weight excluding hydrogens is 405 g/mol. The Morgan fingerprint density at radius 3 is 2.50 bits per heavy atom. The largest absolute Gasteiger partial charge is 0.433 e. The number of carbonyl (C=O) groups is 1. The number of nitrogens with one attached hydrogen (secondary N) is 1. The number of halogens is 5. The zero-order chi connectivity index (χ0) is 21.9. The van der Waals surface area contributed by atoms with Gasteiger partial charge in [0.25, 0.3) is 0 Å². The first-order valence-corrected chi connectivity index (χ1v) is 9.67. The van der Waals surface area contributed by atoms with Crippen molar-refractivity contribution >= 4 is 11.7 Å². The van der Waals surface area contributed by atoms with Gasteiger partial charge in [-0.05, 0) is 30.9 Å². The summed E-state index contributed by atoms with van der Waals surface area (Å²) in [7, 11) is 0. The Morgan fingerprint density at radius 2 is 1.83 bits per heavy atom. The van der Waals surface area contributed by atoms with Gasteiger partial charge in [0.05, 0.1) is 6.42 Å². The van der Waals surface area contributed by atoms with Crippen molar-refractivity contribution in [3.63, 3.8) is 0 Å². The maximum Gasteiger partial charge on any atom is 0.433 e. The molecule has 0 aliphatic carbocycles. The lowest BCUT2D eigenvalue weighted by molar-refractivity contribution is -0.141. The summed E-state index contributed by atoms with van der Waals surface area (Å²) in [6, 6.07) is 5.74. The number of hydrogen-bond acceptors (Lipinski definition) is 3. The number of nitrogens with zero attached hydrogens (tertiary/aromatic N) is 2. The van der Waals surface area contributed by atoms with Crippen LogP contribution in [0.5, 0.6) is 0 Å². The maximum atomic E-state index is 13.7. The van der Waals surface area contributed by atoms with Gasteiger partial charge in [-0.3, -0.25) is 4.79 Å². The number of anilines is 1. The van der Waals surface area contributed by atoms with Crippen molar-refractivity contribution in [2.24, 2.45) is 5.92 Å². The van der Waals surface area contributed by atoms with Crippen molar-refractivity contribution in [2.75, 3.05) is 18.0 Å². The molecule has 1 aliphatic heterocycles. The lowest BCUT2D eigenvalue weighted by atomic mass is 9.99. The fraction of sp³-hybridized carbons (Fsp3) is 0.429. The Labute approximate surface area is 171 Å². The van der Waals surface area contributed by atoms with Crippen LogP contribution in [0.2, 0.25) is 0 Å². The lowest BCUT2D eigenvalue weighted by Crippen LogP contribution is -2.35. The molecule has 1 aliphatic rings. The zero-order valence-electron chi connectivity index (χ0n) is 16.4. The van der Waals surface area contributed by atoms with E-state index in [2.05, 4.69) is 17.2 Å². The molecule has 1 saturated heterocycles. The van der Waals surface area contributed by atoms with Crippen LogP contribution in [0.4, 0.5) is 27.8 Å². The van der Waals surface area contributed by atoms with Gasteiger partial charge in [-0.1, -0.05) is 25.1 Å². The number of piperidine rings is 1. The van der Waals surface area contributed by atoms with Gasteiger partial charge in [0, 0.05) is 30.8 Å². The molecule has 0 bridgehead atoms. The van der Waals surface area contributed by atoms with Crippen LogP contribution in [0.1, 0.15) is 36.6 Å². The van der Waals surface area contributed by atoms with E-state index in [0.717, 1.165) is 25.0 Å². The average molecular weight is 427 g/mol. The van der Waals surface area contributed by atoms with Crippen molar-refractivity contribution in [1.82, 2.24) is 10.3 Å². The van der Waals surface area contributed by atoms with Crippen LogP contribution in [-0.4, -0.2) is 24.0 Å². The van der Waals surface area contributed by atoms with E-state index in [1.165, 1.54) is 18.2 Å². The van der Waals surface area contributed by atoms with Gasteiger partial charge in [0.15, 0.2) is 11.6 Å². The number of benzene rings is 1. The molecule has 1 aromatic carbocycles. The van der Waals surface area contributed by atoms with Crippen LogP contribution < -0.4 is 10.2 Å². The van der Waals surface area contributed by atoms with Gasteiger partial charge in [0.1, 0.15) is 11.5 Å². The standard InChI is InChI=1S/C21H22F5N3O/c1-13-7-9-29(10-8-13)20-15(5-6-17(28-20)21(24,25)26)12-27-18(30)11-14-3-2-4-16(22)19(14)23/h2-6,13H,7-12H2,1H3,(H,27,30). The summed E-state index contributed by atoms with van der Waals surface area (Å²) in [6.45, 7) is 3.17. The van der Waals surface area contributed by atoms with Gasteiger partial charge in [-0.25, -0.2) is 13.8 Å². The minimum Gasteiger partial charge on any atom is -0.356 e. The van der Waals surface area contributed by atoms with Gasteiger partial charge in [-0.2, -0.15) is 13.2 Å². The Kier molecular flexibility index (Phi) is 6.58. The molecular formula is C21H22F5N3O. The first kappa shape index (κ1) is 22.0. The van der Waals surface area contributed by atoms with Gasteiger partial charge < -0.3 is 10.2 Å². The predicted octanol–water partition coefficient (Wildman–Crippen LogP) is 4.47. The molecule has 30 heavy (non-hydrogen) atoms. The lowest BCUT2D eigenvalue weighted by Gasteiger charge is -2.33. The Hall–Kier alpha value is -2.71. The normalized spacial score (nSPS) is 15.3. The van der Waals surface area contributed by atoms with Crippen molar-refractivity contribution in [2.45, 2.75) is 38.9 Å². The third-order valence-electron chi connectivity index (χ3n) is 5.19. The summed E-state index contributed by atoms with van der Waals surface area (Å²) in [6.07, 6.45) is -3.28. The molecule has 162 valence electrons. The van der Waals surface area contributed by atoms with Crippen LogP contribution in [0, 0.1) is 17.6 Å². The first-order chi connectivity index (χ1) is 14.1. The van der Waals surface area contributed by atoms with Crippen LogP contribution in [-0.2, 0) is 23.9 Å². The Balaban J connectivity index is 1.75. The van der Waals surface area contributed by atoms with Gasteiger partial charge in [0.2, 0.25) is 5.91 Å². The molecule has 1 aromatic heterocycles. The quantitative estimate of drug-likeness (QED) is 0.716. The summed E-state index contributed by atoms with van der Waals surface area (Å²) >= 11 is 0. The molecule has 0 unspecified atom stereocenters. The van der Waals surface area contributed by atoms with E-state index in [0.29, 0.717) is 24.6 Å². The van der Waals surface area contributed by atoms with E-state index in [1.807, 2.05) is 0 Å². The molecule has 2 heterocycles. The SMILES string of the molecule is CC1CCN(c2nc(C(F)(F)F)ccc2CNC(=O)Cc2cccc(F)c2F)CC1. The monoisotopic (exact) mass is 427 g/mol. The smallest absolute Gasteiger partial charge is 0.356 e. The second-order valence-corrected chi connectivity index (χ2v) is 7.51. The Morgan fingerprint density at radius 1 is 1.13 bits per heavy atom. The summed E-state index contributed by atoms with van der Waals surface area (Å²) in [5.41, 5.74) is -0.651. The summed E-state index contributed by atoms with van der Waals surface area (Å²) < 4.78 is 66.4. The highest BCUT2D eigenvalue weighted by atomic mass is 19.4. The Bertz CT molecular complexity index is 908. The summed E-state index contributed by atoms with van der Waals surface area (Å²) in [5.74, 6) is -2.04. The number of pyridine rings is 1. The molecule has 0 radical (unpaired) electrons. The molecule has 0 saturated carbocycles.